The largest absolute Gasteiger partial charge is 0.299 e. The van der Waals surface area contributed by atoms with Crippen molar-refractivity contribution in [3.63, 3.8) is 0 Å². The molecule has 0 saturated carbocycles. The summed E-state index contributed by atoms with van der Waals surface area (Å²) in [5.74, 6) is 0.627. The number of hydrogen-bond donors (Lipinski definition) is 1. The van der Waals surface area contributed by atoms with Crippen LogP contribution in [0.25, 0.3) is 0 Å². The topological polar surface area (TPSA) is 52.7 Å². The van der Waals surface area contributed by atoms with E-state index in [1.165, 1.54) is 5.56 Å². The van der Waals surface area contributed by atoms with Crippen molar-refractivity contribution in [1.82, 2.24) is 13.9 Å². The Balaban J connectivity index is 1.46. The Hall–Kier alpha value is -0.660. The molecule has 140 valence electrons. The minimum absolute atomic E-state index is 0.0471. The van der Waals surface area contributed by atoms with Gasteiger partial charge in [-0.3, -0.25) is 4.90 Å². The molecule has 0 amide bonds. The monoisotopic (exact) mass is 385 g/mol. The minimum Gasteiger partial charge on any atom is -0.299 e. The van der Waals surface area contributed by atoms with Crippen molar-refractivity contribution >= 4 is 21.8 Å². The van der Waals surface area contributed by atoms with E-state index >= 15 is 0 Å². The van der Waals surface area contributed by atoms with Crippen LogP contribution in [0.1, 0.15) is 38.2 Å². The van der Waals surface area contributed by atoms with Crippen LogP contribution in [0.3, 0.4) is 0 Å². The summed E-state index contributed by atoms with van der Waals surface area (Å²) >= 11 is 5.92. The van der Waals surface area contributed by atoms with Crippen LogP contribution in [-0.4, -0.2) is 49.8 Å². The molecule has 0 aliphatic carbocycles. The van der Waals surface area contributed by atoms with Gasteiger partial charge in [0.15, 0.2) is 0 Å². The molecule has 0 bridgehead atoms. The molecule has 3 rings (SSSR count). The molecule has 2 heterocycles. The molecule has 2 aliphatic rings. The Labute approximate surface area is 156 Å². The fourth-order valence-corrected chi connectivity index (χ4v) is 5.19. The molecule has 2 saturated heterocycles. The fraction of sp³-hybridized carbons (Fsp3) is 0.667. The van der Waals surface area contributed by atoms with E-state index in [4.69, 9.17) is 11.6 Å². The normalized spacial score (nSPS) is 22.3. The van der Waals surface area contributed by atoms with E-state index in [0.717, 1.165) is 50.3 Å². The molecule has 1 N–H and O–H groups in total. The summed E-state index contributed by atoms with van der Waals surface area (Å²) in [5, 5.41) is 0.754. The van der Waals surface area contributed by atoms with E-state index in [0.29, 0.717) is 19.0 Å². The Kier molecular flexibility index (Phi) is 6.39. The van der Waals surface area contributed by atoms with Gasteiger partial charge in [0.1, 0.15) is 0 Å². The zero-order valence-corrected chi connectivity index (χ0v) is 16.4. The second kappa shape index (κ2) is 8.35. The van der Waals surface area contributed by atoms with Crippen LogP contribution in [-0.2, 0) is 16.8 Å². The molecule has 5 nitrogen and oxygen atoms in total. The third-order valence-corrected chi connectivity index (χ3v) is 7.23. The average Bonchev–Trinajstić information content (AvgIpc) is 2.59. The van der Waals surface area contributed by atoms with E-state index in [9.17, 15) is 8.42 Å². The summed E-state index contributed by atoms with van der Waals surface area (Å²) in [6, 6.07) is 7.98. The maximum atomic E-state index is 12.6. The maximum absolute atomic E-state index is 12.6. The van der Waals surface area contributed by atoms with Crippen molar-refractivity contribution in [2.24, 2.45) is 5.92 Å². The predicted octanol–water partition coefficient (Wildman–Crippen LogP) is 2.87. The molecule has 25 heavy (non-hydrogen) atoms. The molecule has 0 unspecified atom stereocenters. The van der Waals surface area contributed by atoms with Gasteiger partial charge in [-0.2, -0.15) is 17.4 Å². The SMILES string of the molecule is CC1CCN(S(=O)(=O)NC2CCN(Cc3ccc(Cl)cc3)CC2)CC1. The third kappa shape index (κ3) is 5.41. The van der Waals surface area contributed by atoms with Crippen LogP contribution < -0.4 is 4.72 Å². The second-order valence-electron chi connectivity index (χ2n) is 7.38. The van der Waals surface area contributed by atoms with Crippen LogP contribution in [0.5, 0.6) is 0 Å². The Morgan fingerprint density at radius 3 is 2.24 bits per heavy atom. The third-order valence-electron chi connectivity index (χ3n) is 5.31. The first-order valence-corrected chi connectivity index (χ1v) is 11.0. The van der Waals surface area contributed by atoms with Gasteiger partial charge in [-0.15, -0.1) is 0 Å². The van der Waals surface area contributed by atoms with Crippen LogP contribution in [0, 0.1) is 5.92 Å². The standard InChI is InChI=1S/C18H28ClN3O2S/c1-15-6-12-22(13-7-15)25(23,24)20-18-8-10-21(11-9-18)14-16-2-4-17(19)5-3-16/h2-5,15,18,20H,6-14H2,1H3. The molecule has 1 aromatic carbocycles. The second-order valence-corrected chi connectivity index (χ2v) is 9.52. The lowest BCUT2D eigenvalue weighted by atomic mass is 10.0. The Morgan fingerprint density at radius 1 is 1.04 bits per heavy atom. The minimum atomic E-state index is -3.34. The zero-order chi connectivity index (χ0) is 17.9. The lowest BCUT2D eigenvalue weighted by molar-refractivity contribution is 0.197. The number of hydrogen-bond acceptors (Lipinski definition) is 3. The lowest BCUT2D eigenvalue weighted by Crippen LogP contribution is -2.51. The van der Waals surface area contributed by atoms with E-state index < -0.39 is 10.2 Å². The van der Waals surface area contributed by atoms with Gasteiger partial charge >= 0.3 is 0 Å². The molecule has 0 aromatic heterocycles. The Bertz CT molecular complexity index is 649. The van der Waals surface area contributed by atoms with Crippen LogP contribution in [0.4, 0.5) is 0 Å². The van der Waals surface area contributed by atoms with Crippen molar-refractivity contribution in [1.29, 1.82) is 0 Å². The Morgan fingerprint density at radius 2 is 1.64 bits per heavy atom. The first kappa shape index (κ1) is 19.1. The number of rotatable bonds is 5. The number of likely N-dealkylation sites (tertiary alicyclic amines) is 1. The number of nitrogens with one attached hydrogen (secondary N) is 1. The lowest BCUT2D eigenvalue weighted by Gasteiger charge is -2.35. The highest BCUT2D eigenvalue weighted by atomic mass is 35.5. The molecule has 2 fully saturated rings. The van der Waals surface area contributed by atoms with Crippen molar-refractivity contribution in [2.45, 2.75) is 45.2 Å². The van der Waals surface area contributed by atoms with Gasteiger partial charge in [0, 0.05) is 43.8 Å². The van der Waals surface area contributed by atoms with Crippen molar-refractivity contribution in [3.8, 4) is 0 Å². The summed E-state index contributed by atoms with van der Waals surface area (Å²) in [6.45, 7) is 6.19. The van der Waals surface area contributed by atoms with E-state index in [1.807, 2.05) is 12.1 Å². The van der Waals surface area contributed by atoms with Crippen molar-refractivity contribution in [3.05, 3.63) is 34.9 Å². The molecule has 7 heteroatoms. The van der Waals surface area contributed by atoms with Gasteiger partial charge in [0.25, 0.3) is 10.2 Å². The molecular formula is C18H28ClN3O2S. The number of nitrogens with zero attached hydrogens (tertiary/aromatic N) is 2. The van der Waals surface area contributed by atoms with Gasteiger partial charge in [-0.1, -0.05) is 30.7 Å². The summed E-state index contributed by atoms with van der Waals surface area (Å²) < 4.78 is 29.7. The predicted molar refractivity (Wildman–Crippen MR) is 102 cm³/mol. The molecule has 0 atom stereocenters. The highest BCUT2D eigenvalue weighted by Gasteiger charge is 2.30. The van der Waals surface area contributed by atoms with E-state index in [1.54, 1.807) is 4.31 Å². The molecule has 0 radical (unpaired) electrons. The fourth-order valence-electron chi connectivity index (χ4n) is 3.57. The van der Waals surface area contributed by atoms with Gasteiger partial charge in [0.2, 0.25) is 0 Å². The summed E-state index contributed by atoms with van der Waals surface area (Å²) in [7, 11) is -3.34. The van der Waals surface area contributed by atoms with Crippen LogP contribution in [0.2, 0.25) is 5.02 Å². The molecule has 2 aliphatic heterocycles. The highest BCUT2D eigenvalue weighted by Crippen LogP contribution is 2.20. The van der Waals surface area contributed by atoms with Gasteiger partial charge < -0.3 is 0 Å². The summed E-state index contributed by atoms with van der Waals surface area (Å²) in [6.07, 6.45) is 3.63. The van der Waals surface area contributed by atoms with Gasteiger partial charge in [0.05, 0.1) is 0 Å². The number of piperidine rings is 2. The summed E-state index contributed by atoms with van der Waals surface area (Å²) in [5.41, 5.74) is 1.24. The van der Waals surface area contributed by atoms with Crippen molar-refractivity contribution in [2.75, 3.05) is 26.2 Å². The average molecular weight is 386 g/mol. The van der Waals surface area contributed by atoms with Gasteiger partial charge in [-0.25, -0.2) is 0 Å². The van der Waals surface area contributed by atoms with Crippen LogP contribution in [0.15, 0.2) is 24.3 Å². The molecular weight excluding hydrogens is 358 g/mol. The first-order chi connectivity index (χ1) is 11.9. The number of benzene rings is 1. The molecule has 0 spiro atoms. The first-order valence-electron chi connectivity index (χ1n) is 9.16. The maximum Gasteiger partial charge on any atom is 0.279 e. The quantitative estimate of drug-likeness (QED) is 0.847. The molecule has 1 aromatic rings. The van der Waals surface area contributed by atoms with Gasteiger partial charge in [-0.05, 0) is 49.3 Å². The zero-order valence-electron chi connectivity index (χ0n) is 14.8. The van der Waals surface area contributed by atoms with E-state index in [2.05, 4.69) is 28.7 Å². The van der Waals surface area contributed by atoms with Crippen molar-refractivity contribution < 1.29 is 8.42 Å². The highest BCUT2D eigenvalue weighted by molar-refractivity contribution is 7.87. The summed E-state index contributed by atoms with van der Waals surface area (Å²) in [4.78, 5) is 2.37. The van der Waals surface area contributed by atoms with Crippen LogP contribution >= 0.6 is 11.6 Å². The smallest absolute Gasteiger partial charge is 0.279 e. The van der Waals surface area contributed by atoms with E-state index in [-0.39, 0.29) is 6.04 Å². The number of halogens is 1.